The second kappa shape index (κ2) is 7.70. The maximum absolute atomic E-state index is 13.7. The molecule has 1 N–H and O–H groups in total. The molecule has 1 saturated heterocycles. The molecule has 0 aromatic carbocycles. The van der Waals surface area contributed by atoms with Crippen LogP contribution in [0.5, 0.6) is 0 Å². The van der Waals surface area contributed by atoms with Crippen molar-refractivity contribution in [3.8, 4) is 0 Å². The van der Waals surface area contributed by atoms with E-state index in [2.05, 4.69) is 4.98 Å². The van der Waals surface area contributed by atoms with Crippen LogP contribution in [0.4, 0.5) is 0 Å². The normalized spacial score (nSPS) is 18.8. The summed E-state index contributed by atoms with van der Waals surface area (Å²) in [4.78, 5) is 34.0. The minimum atomic E-state index is -0.714. The van der Waals surface area contributed by atoms with Gasteiger partial charge in [-0.25, -0.2) is 4.98 Å². The predicted octanol–water partition coefficient (Wildman–Crippen LogP) is 0.381. The lowest BCUT2D eigenvalue weighted by atomic mass is 10.0. The molecule has 8 heteroatoms. The molecule has 156 valence electrons. The quantitative estimate of drug-likeness (QED) is 0.365. The Bertz CT molecular complexity index is 1160. The van der Waals surface area contributed by atoms with E-state index in [1.165, 1.54) is 16.2 Å². The van der Waals surface area contributed by atoms with Gasteiger partial charge in [-0.05, 0) is 36.9 Å². The van der Waals surface area contributed by atoms with E-state index in [4.69, 9.17) is 0 Å². The predicted molar refractivity (Wildman–Crippen MR) is 113 cm³/mol. The molecule has 7 nitrogen and oxygen atoms in total. The van der Waals surface area contributed by atoms with Crippen molar-refractivity contribution in [3.05, 3.63) is 63.2 Å². The second-order valence-corrected chi connectivity index (χ2v) is 8.86. The van der Waals surface area contributed by atoms with Crippen LogP contribution in [-0.2, 0) is 9.59 Å². The Hall–Kier alpha value is -2.97. The highest BCUT2D eigenvalue weighted by atomic mass is 32.1. The fourth-order valence-corrected chi connectivity index (χ4v) is 4.75. The van der Waals surface area contributed by atoms with Crippen LogP contribution in [-0.4, -0.2) is 53.2 Å². The van der Waals surface area contributed by atoms with Crippen molar-refractivity contribution in [2.45, 2.75) is 19.9 Å². The van der Waals surface area contributed by atoms with Gasteiger partial charge < -0.3 is 19.3 Å². The third kappa shape index (κ3) is 3.22. The standard InChI is InChI=1S/C22H24N4O3S/c1-13-7-5-9-25-17(14(2)23-21(13)25)19(27)16-18(15-8-6-12-30-15)26(11-10-24(3)4)22(29)20(16)28/h5-9,12,18,27H,10-11H2,1-4H3/b19-16+. The summed E-state index contributed by atoms with van der Waals surface area (Å²) in [6.07, 6.45) is 1.77. The van der Waals surface area contributed by atoms with E-state index in [1.54, 1.807) is 17.5 Å². The maximum atomic E-state index is 13.7. The van der Waals surface area contributed by atoms with Gasteiger partial charge in [0, 0.05) is 16.6 Å². The van der Waals surface area contributed by atoms with Crippen LogP contribution in [0.2, 0.25) is 0 Å². The van der Waals surface area contributed by atoms with Crippen LogP contribution in [0.1, 0.15) is 27.9 Å². The minimum absolute atomic E-state index is 0.0163. The number of fused-ring (bicyclic) bond motifs is 1. The summed E-state index contributed by atoms with van der Waals surface area (Å²) in [6.45, 7) is 4.76. The molecule has 1 unspecified atom stereocenters. The fraction of sp³-hybridized carbons (Fsp3) is 0.318. The molecule has 0 saturated carbocycles. The summed E-state index contributed by atoms with van der Waals surface area (Å²) >= 11 is 1.44. The van der Waals surface area contributed by atoms with Gasteiger partial charge in [-0.3, -0.25) is 9.59 Å². The average molecular weight is 425 g/mol. The monoisotopic (exact) mass is 424 g/mol. The van der Waals surface area contributed by atoms with E-state index >= 15 is 0 Å². The van der Waals surface area contributed by atoms with Crippen molar-refractivity contribution in [3.63, 3.8) is 0 Å². The van der Waals surface area contributed by atoms with Gasteiger partial charge in [0.05, 0.1) is 44.6 Å². The summed E-state index contributed by atoms with van der Waals surface area (Å²) in [5.74, 6) is -1.75. The number of likely N-dealkylation sites (N-methyl/N-ethyl adjacent to an activating group) is 1. The lowest BCUT2D eigenvalue weighted by Crippen LogP contribution is -3.06. The number of aryl methyl sites for hydroxylation is 2. The molecule has 1 amide bonds. The number of aromatic nitrogens is 2. The van der Waals surface area contributed by atoms with Crippen molar-refractivity contribution in [2.75, 3.05) is 27.2 Å². The van der Waals surface area contributed by atoms with Crippen LogP contribution >= 0.6 is 11.3 Å². The van der Waals surface area contributed by atoms with E-state index in [0.29, 0.717) is 30.1 Å². The molecule has 1 aliphatic rings. The highest BCUT2D eigenvalue weighted by molar-refractivity contribution is 7.10. The zero-order valence-corrected chi connectivity index (χ0v) is 18.2. The first-order chi connectivity index (χ1) is 14.3. The SMILES string of the molecule is Cc1nc2c(C)cccn2c1/C([O-])=C1\C(=O)C(=O)N(CC[NH+](C)C)C1c1cccs1. The molecule has 3 aromatic heterocycles. The molecule has 3 aromatic rings. The lowest BCUT2D eigenvalue weighted by molar-refractivity contribution is -0.857. The summed E-state index contributed by atoms with van der Waals surface area (Å²) in [7, 11) is 3.98. The molecule has 1 aliphatic heterocycles. The van der Waals surface area contributed by atoms with Gasteiger partial charge in [0.1, 0.15) is 5.65 Å². The third-order valence-corrected chi connectivity index (χ3v) is 6.35. The van der Waals surface area contributed by atoms with Gasteiger partial charge in [0.15, 0.2) is 0 Å². The maximum Gasteiger partial charge on any atom is 0.295 e. The number of carbonyl (C=O) groups excluding carboxylic acids is 2. The number of hydrogen-bond acceptors (Lipinski definition) is 5. The fourth-order valence-electron chi connectivity index (χ4n) is 3.91. The molecule has 1 fully saturated rings. The molecule has 0 aliphatic carbocycles. The second-order valence-electron chi connectivity index (χ2n) is 7.88. The number of likely N-dealkylation sites (tertiary alicyclic amines) is 1. The number of thiophene rings is 1. The molecule has 4 rings (SSSR count). The van der Waals surface area contributed by atoms with Crippen LogP contribution in [0.15, 0.2) is 41.4 Å². The van der Waals surface area contributed by atoms with Crippen LogP contribution < -0.4 is 10.0 Å². The number of rotatable bonds is 5. The molecule has 0 bridgehead atoms. The number of ketones is 1. The number of quaternary nitrogens is 1. The van der Waals surface area contributed by atoms with Crippen LogP contribution in [0, 0.1) is 13.8 Å². The Labute approximate surface area is 178 Å². The molecule has 0 radical (unpaired) electrons. The highest BCUT2D eigenvalue weighted by Gasteiger charge is 2.45. The summed E-state index contributed by atoms with van der Waals surface area (Å²) < 4.78 is 1.72. The summed E-state index contributed by atoms with van der Waals surface area (Å²) in [5, 5.41) is 15.6. The van der Waals surface area contributed by atoms with Crippen molar-refractivity contribution >= 4 is 34.4 Å². The van der Waals surface area contributed by atoms with Crippen LogP contribution in [0.3, 0.4) is 0 Å². The molecular formula is C22H24N4O3S. The van der Waals surface area contributed by atoms with E-state index in [0.717, 1.165) is 15.3 Å². The van der Waals surface area contributed by atoms with Crippen molar-refractivity contribution in [1.82, 2.24) is 14.3 Å². The molecule has 0 spiro atoms. The first-order valence-corrected chi connectivity index (χ1v) is 10.7. The molecule has 4 heterocycles. The van der Waals surface area contributed by atoms with Crippen molar-refractivity contribution in [2.24, 2.45) is 0 Å². The average Bonchev–Trinajstić information content (AvgIpc) is 3.38. The number of hydrogen-bond donors (Lipinski definition) is 1. The summed E-state index contributed by atoms with van der Waals surface area (Å²) in [6, 6.07) is 6.85. The van der Waals surface area contributed by atoms with E-state index < -0.39 is 23.5 Å². The Balaban J connectivity index is 1.92. The smallest absolute Gasteiger partial charge is 0.295 e. The molecule has 1 atom stereocenters. The largest absolute Gasteiger partial charge is 0.871 e. The van der Waals surface area contributed by atoms with Gasteiger partial charge in [-0.15, -0.1) is 11.3 Å². The molecular weight excluding hydrogens is 400 g/mol. The van der Waals surface area contributed by atoms with E-state index in [-0.39, 0.29) is 5.57 Å². The highest BCUT2D eigenvalue weighted by Crippen LogP contribution is 2.40. The first-order valence-electron chi connectivity index (χ1n) is 9.84. The van der Waals surface area contributed by atoms with Gasteiger partial charge in [-0.2, -0.15) is 0 Å². The number of amides is 1. The first kappa shape index (κ1) is 20.3. The Morgan fingerprint density at radius 2 is 2.00 bits per heavy atom. The Kier molecular flexibility index (Phi) is 5.21. The Morgan fingerprint density at radius 1 is 1.23 bits per heavy atom. The number of nitrogens with zero attached hydrogens (tertiary/aromatic N) is 3. The number of pyridine rings is 1. The molecule has 30 heavy (non-hydrogen) atoms. The topological polar surface area (TPSA) is 82.2 Å². The van der Waals surface area contributed by atoms with Gasteiger partial charge in [0.25, 0.3) is 5.91 Å². The van der Waals surface area contributed by atoms with Crippen molar-refractivity contribution < 1.29 is 19.6 Å². The number of carbonyl (C=O) groups is 2. The zero-order chi connectivity index (χ0) is 21.6. The van der Waals surface area contributed by atoms with Gasteiger partial charge >= 0.3 is 0 Å². The lowest BCUT2D eigenvalue weighted by Gasteiger charge is -2.26. The minimum Gasteiger partial charge on any atom is -0.871 e. The van der Waals surface area contributed by atoms with Crippen molar-refractivity contribution in [1.29, 1.82) is 0 Å². The van der Waals surface area contributed by atoms with Gasteiger partial charge in [-0.1, -0.05) is 17.9 Å². The van der Waals surface area contributed by atoms with E-state index in [1.807, 2.05) is 50.7 Å². The number of Topliss-reactive ketones (excluding diaryl/α,β-unsaturated/α-hetero) is 1. The summed E-state index contributed by atoms with van der Waals surface area (Å²) in [5.41, 5.74) is 2.51. The van der Waals surface area contributed by atoms with E-state index in [9.17, 15) is 14.7 Å². The number of imidazole rings is 1. The van der Waals surface area contributed by atoms with Crippen LogP contribution in [0.25, 0.3) is 11.4 Å². The zero-order valence-electron chi connectivity index (χ0n) is 17.4. The third-order valence-electron chi connectivity index (χ3n) is 5.43. The van der Waals surface area contributed by atoms with Gasteiger partial charge in [0.2, 0.25) is 5.78 Å². The Morgan fingerprint density at radius 3 is 2.67 bits per heavy atom. The number of nitrogens with one attached hydrogen (secondary N) is 1.